The van der Waals surface area contributed by atoms with E-state index >= 15 is 0 Å². The van der Waals surface area contributed by atoms with Gasteiger partial charge >= 0.3 is 0 Å². The molecule has 2 aromatic heterocycles. The van der Waals surface area contributed by atoms with Gasteiger partial charge in [0, 0.05) is 24.4 Å². The molecule has 0 fully saturated rings. The number of H-pyrrole nitrogens is 1. The van der Waals surface area contributed by atoms with Gasteiger partial charge in [-0.1, -0.05) is 0 Å². The number of amides is 1. The van der Waals surface area contributed by atoms with Crippen LogP contribution in [0.25, 0.3) is 0 Å². The lowest BCUT2D eigenvalue weighted by molar-refractivity contribution is 0.102. The molecule has 1 aliphatic rings. The quantitative estimate of drug-likeness (QED) is 0.825. The topological polar surface area (TPSA) is 86.8 Å². The summed E-state index contributed by atoms with van der Waals surface area (Å²) in [7, 11) is 2.08. The average molecular weight is 264 g/mol. The molecule has 7 nitrogen and oxygen atoms in total. The van der Waals surface area contributed by atoms with E-state index in [1.165, 1.54) is 22.4 Å². The van der Waals surface area contributed by atoms with Crippen LogP contribution < -0.4 is 5.32 Å². The Bertz CT molecular complexity index is 563. The molecule has 0 bridgehead atoms. The van der Waals surface area contributed by atoms with E-state index in [4.69, 9.17) is 0 Å². The van der Waals surface area contributed by atoms with Crippen LogP contribution in [0.15, 0.2) is 6.20 Å². The first-order valence-corrected chi connectivity index (χ1v) is 6.38. The number of hydrogen-bond acceptors (Lipinski definition) is 6. The van der Waals surface area contributed by atoms with E-state index in [9.17, 15) is 4.79 Å². The van der Waals surface area contributed by atoms with Crippen LogP contribution in [0, 0.1) is 0 Å². The molecule has 0 radical (unpaired) electrons. The lowest BCUT2D eigenvalue weighted by Crippen LogP contribution is -2.25. The second-order valence-electron chi connectivity index (χ2n) is 4.19. The fourth-order valence-electron chi connectivity index (χ4n) is 1.85. The first-order chi connectivity index (χ1) is 8.72. The lowest BCUT2D eigenvalue weighted by atomic mass is 10.2. The van der Waals surface area contributed by atoms with E-state index in [1.807, 2.05) is 0 Å². The number of rotatable bonds is 2. The Morgan fingerprint density at radius 2 is 2.50 bits per heavy atom. The third kappa shape index (κ3) is 2.12. The summed E-state index contributed by atoms with van der Waals surface area (Å²) in [5.74, 6) is -0.289. The highest BCUT2D eigenvalue weighted by molar-refractivity contribution is 7.15. The zero-order valence-corrected chi connectivity index (χ0v) is 10.6. The molecule has 3 heterocycles. The van der Waals surface area contributed by atoms with Crippen LogP contribution >= 0.6 is 11.3 Å². The van der Waals surface area contributed by atoms with Crippen molar-refractivity contribution in [1.82, 2.24) is 25.3 Å². The molecular formula is C10H12N6OS. The molecule has 2 N–H and O–H groups in total. The van der Waals surface area contributed by atoms with Crippen molar-refractivity contribution in [2.24, 2.45) is 0 Å². The van der Waals surface area contributed by atoms with Crippen molar-refractivity contribution >= 4 is 22.4 Å². The summed E-state index contributed by atoms with van der Waals surface area (Å²) in [6.07, 6.45) is 2.32. The molecule has 3 rings (SSSR count). The highest BCUT2D eigenvalue weighted by Gasteiger charge is 2.19. The Morgan fingerprint density at radius 3 is 3.28 bits per heavy atom. The summed E-state index contributed by atoms with van der Waals surface area (Å²) in [5, 5.41) is 13.1. The van der Waals surface area contributed by atoms with Gasteiger partial charge in [0.15, 0.2) is 10.8 Å². The van der Waals surface area contributed by atoms with Crippen LogP contribution in [0.4, 0.5) is 5.13 Å². The van der Waals surface area contributed by atoms with Crippen molar-refractivity contribution in [2.75, 3.05) is 18.9 Å². The molecule has 8 heteroatoms. The van der Waals surface area contributed by atoms with E-state index in [0.717, 1.165) is 25.2 Å². The number of hydrogen-bond donors (Lipinski definition) is 2. The van der Waals surface area contributed by atoms with E-state index < -0.39 is 0 Å². The molecule has 94 valence electrons. The van der Waals surface area contributed by atoms with Crippen LogP contribution in [-0.4, -0.2) is 44.8 Å². The molecule has 0 saturated carbocycles. The van der Waals surface area contributed by atoms with E-state index in [-0.39, 0.29) is 11.6 Å². The molecule has 0 saturated heterocycles. The fourth-order valence-corrected chi connectivity index (χ4v) is 2.93. The molecule has 18 heavy (non-hydrogen) atoms. The second kappa shape index (κ2) is 4.46. The SMILES string of the molecule is CN1CCc2nc(NC(=O)c3cn[nH]n3)sc2C1. The van der Waals surface area contributed by atoms with Crippen molar-refractivity contribution in [3.8, 4) is 0 Å². The van der Waals surface area contributed by atoms with Crippen LogP contribution in [0.3, 0.4) is 0 Å². The normalized spacial score (nSPS) is 15.4. The maximum absolute atomic E-state index is 11.8. The molecule has 0 atom stereocenters. The van der Waals surface area contributed by atoms with E-state index in [0.29, 0.717) is 5.13 Å². The van der Waals surface area contributed by atoms with Gasteiger partial charge in [0.1, 0.15) is 0 Å². The number of likely N-dealkylation sites (N-methyl/N-ethyl adjacent to an activating group) is 1. The van der Waals surface area contributed by atoms with Crippen molar-refractivity contribution < 1.29 is 4.79 Å². The predicted octanol–water partition coefficient (Wildman–Crippen LogP) is 0.501. The molecular weight excluding hydrogens is 252 g/mol. The number of fused-ring (bicyclic) bond motifs is 1. The smallest absolute Gasteiger partial charge is 0.279 e. The third-order valence-corrected chi connectivity index (χ3v) is 3.79. The minimum Gasteiger partial charge on any atom is -0.301 e. The maximum atomic E-state index is 11.8. The monoisotopic (exact) mass is 264 g/mol. The molecule has 0 aliphatic carbocycles. The third-order valence-electron chi connectivity index (χ3n) is 2.79. The second-order valence-corrected chi connectivity index (χ2v) is 5.27. The molecule has 0 aromatic carbocycles. The minimum atomic E-state index is -0.289. The number of nitrogens with zero attached hydrogens (tertiary/aromatic N) is 4. The van der Waals surface area contributed by atoms with Gasteiger partial charge in [0.05, 0.1) is 11.9 Å². The predicted molar refractivity (Wildman–Crippen MR) is 66.5 cm³/mol. The van der Waals surface area contributed by atoms with Crippen molar-refractivity contribution in [2.45, 2.75) is 13.0 Å². The van der Waals surface area contributed by atoms with Crippen molar-refractivity contribution in [1.29, 1.82) is 0 Å². The number of aromatic nitrogens is 4. The van der Waals surface area contributed by atoms with Crippen LogP contribution in [0.1, 0.15) is 21.1 Å². The van der Waals surface area contributed by atoms with Gasteiger partial charge < -0.3 is 4.90 Å². The van der Waals surface area contributed by atoms with Crippen LogP contribution in [0.5, 0.6) is 0 Å². The summed E-state index contributed by atoms with van der Waals surface area (Å²) in [6.45, 7) is 1.90. The Morgan fingerprint density at radius 1 is 1.61 bits per heavy atom. The lowest BCUT2D eigenvalue weighted by Gasteiger charge is -2.20. The maximum Gasteiger partial charge on any atom is 0.279 e. The molecule has 0 unspecified atom stereocenters. The van der Waals surface area contributed by atoms with Gasteiger partial charge in [-0.2, -0.15) is 15.4 Å². The number of anilines is 1. The fraction of sp³-hybridized carbons (Fsp3) is 0.400. The number of aromatic amines is 1. The van der Waals surface area contributed by atoms with Gasteiger partial charge in [-0.3, -0.25) is 10.1 Å². The summed E-state index contributed by atoms with van der Waals surface area (Å²) in [4.78, 5) is 19.7. The Balaban J connectivity index is 1.76. The highest BCUT2D eigenvalue weighted by atomic mass is 32.1. The zero-order chi connectivity index (χ0) is 12.5. The van der Waals surface area contributed by atoms with E-state index in [1.54, 1.807) is 0 Å². The number of nitrogens with one attached hydrogen (secondary N) is 2. The number of carbonyl (C=O) groups is 1. The van der Waals surface area contributed by atoms with Crippen LogP contribution in [-0.2, 0) is 13.0 Å². The summed E-state index contributed by atoms with van der Waals surface area (Å²) in [6, 6.07) is 0. The van der Waals surface area contributed by atoms with E-state index in [2.05, 4.69) is 37.7 Å². The Kier molecular flexibility index (Phi) is 2.80. The molecule has 1 amide bonds. The zero-order valence-electron chi connectivity index (χ0n) is 9.80. The summed E-state index contributed by atoms with van der Waals surface area (Å²) < 4.78 is 0. The van der Waals surface area contributed by atoms with Gasteiger partial charge in [-0.15, -0.1) is 11.3 Å². The molecule has 2 aromatic rings. The highest BCUT2D eigenvalue weighted by Crippen LogP contribution is 2.27. The first-order valence-electron chi connectivity index (χ1n) is 5.56. The van der Waals surface area contributed by atoms with Crippen LogP contribution in [0.2, 0.25) is 0 Å². The van der Waals surface area contributed by atoms with Gasteiger partial charge in [-0.25, -0.2) is 4.98 Å². The van der Waals surface area contributed by atoms with Crippen molar-refractivity contribution in [3.05, 3.63) is 22.5 Å². The first kappa shape index (κ1) is 11.3. The summed E-state index contributed by atoms with van der Waals surface area (Å²) >= 11 is 1.52. The molecule has 1 aliphatic heterocycles. The van der Waals surface area contributed by atoms with Gasteiger partial charge in [0.25, 0.3) is 5.91 Å². The Labute approximate surface area is 107 Å². The molecule has 0 spiro atoms. The standard InChI is InChI=1S/C10H12N6OS/c1-16-3-2-6-8(5-16)18-10(12-6)13-9(17)7-4-11-15-14-7/h4H,2-3,5H2,1H3,(H,11,14,15)(H,12,13,17). The number of carbonyl (C=O) groups excluding carboxylic acids is 1. The largest absolute Gasteiger partial charge is 0.301 e. The number of thiazole rings is 1. The Hall–Kier alpha value is -1.80. The minimum absolute atomic E-state index is 0.264. The van der Waals surface area contributed by atoms with Crippen molar-refractivity contribution in [3.63, 3.8) is 0 Å². The summed E-state index contributed by atoms with van der Waals surface area (Å²) in [5.41, 5.74) is 1.36. The average Bonchev–Trinajstić information content (AvgIpc) is 2.95. The van der Waals surface area contributed by atoms with Gasteiger partial charge in [0.2, 0.25) is 0 Å². The van der Waals surface area contributed by atoms with Gasteiger partial charge in [-0.05, 0) is 7.05 Å².